The highest BCUT2D eigenvalue weighted by molar-refractivity contribution is 5.88. The molecule has 0 unspecified atom stereocenters. The zero-order valence-corrected chi connectivity index (χ0v) is 14.9. The van der Waals surface area contributed by atoms with E-state index in [-0.39, 0.29) is 0 Å². The van der Waals surface area contributed by atoms with Gasteiger partial charge < -0.3 is 14.7 Å². The summed E-state index contributed by atoms with van der Waals surface area (Å²) in [4.78, 5) is 2.34. The van der Waals surface area contributed by atoms with Crippen molar-refractivity contribution in [3.63, 3.8) is 0 Å². The van der Waals surface area contributed by atoms with Crippen LogP contribution in [0.2, 0.25) is 0 Å². The lowest BCUT2D eigenvalue weighted by Gasteiger charge is -2.21. The molecule has 1 N–H and O–H groups in total. The van der Waals surface area contributed by atoms with Crippen LogP contribution in [0.25, 0.3) is 10.8 Å². The number of hydrogen-bond donors (Lipinski definition) is 1. The summed E-state index contributed by atoms with van der Waals surface area (Å²) in [6.45, 7) is 3.02. The summed E-state index contributed by atoms with van der Waals surface area (Å²) in [5, 5.41) is 12.7. The third-order valence-electron chi connectivity index (χ3n) is 5.19. The van der Waals surface area contributed by atoms with E-state index in [1.165, 1.54) is 5.56 Å². The number of fused-ring (bicyclic) bond motifs is 1. The molecule has 0 radical (unpaired) electrons. The Bertz CT molecular complexity index is 844. The molecular weight excluding hydrogens is 322 g/mol. The molecule has 0 saturated carbocycles. The highest BCUT2D eigenvalue weighted by atomic mass is 16.5. The van der Waals surface area contributed by atoms with E-state index >= 15 is 0 Å². The van der Waals surface area contributed by atoms with Crippen molar-refractivity contribution >= 4 is 10.8 Å². The van der Waals surface area contributed by atoms with Gasteiger partial charge in [-0.2, -0.15) is 0 Å². The summed E-state index contributed by atoms with van der Waals surface area (Å²) >= 11 is 0. The van der Waals surface area contributed by atoms with Crippen LogP contribution in [-0.2, 0) is 0 Å². The zero-order chi connectivity index (χ0) is 17.8. The average Bonchev–Trinajstić information content (AvgIpc) is 3.15. The van der Waals surface area contributed by atoms with Gasteiger partial charge in [-0.1, -0.05) is 66.7 Å². The van der Waals surface area contributed by atoms with Crippen LogP contribution in [0.3, 0.4) is 0 Å². The van der Waals surface area contributed by atoms with Gasteiger partial charge >= 0.3 is 0 Å². The predicted octanol–water partition coefficient (Wildman–Crippen LogP) is 4.07. The average molecular weight is 347 g/mol. The minimum atomic E-state index is -0.483. The van der Waals surface area contributed by atoms with Crippen molar-refractivity contribution in [2.75, 3.05) is 26.2 Å². The quantitative estimate of drug-likeness (QED) is 0.730. The van der Waals surface area contributed by atoms with E-state index in [0.717, 1.165) is 36.0 Å². The maximum atomic E-state index is 10.4. The lowest BCUT2D eigenvalue weighted by Crippen LogP contribution is -2.34. The van der Waals surface area contributed by atoms with Crippen molar-refractivity contribution in [1.82, 2.24) is 4.90 Å². The fourth-order valence-electron chi connectivity index (χ4n) is 3.85. The van der Waals surface area contributed by atoms with Gasteiger partial charge in [0.15, 0.2) is 0 Å². The van der Waals surface area contributed by atoms with Crippen LogP contribution in [0, 0.1) is 0 Å². The van der Waals surface area contributed by atoms with E-state index < -0.39 is 6.10 Å². The molecule has 0 spiro atoms. The van der Waals surface area contributed by atoms with Gasteiger partial charge in [-0.3, -0.25) is 0 Å². The molecular formula is C23H25NO2. The molecule has 1 aliphatic rings. The Hall–Kier alpha value is -2.36. The number of benzene rings is 3. The van der Waals surface area contributed by atoms with E-state index in [4.69, 9.17) is 4.74 Å². The Morgan fingerprint density at radius 2 is 1.73 bits per heavy atom. The number of ether oxygens (including phenoxy) is 1. The molecule has 2 atom stereocenters. The molecule has 3 aromatic carbocycles. The van der Waals surface area contributed by atoms with Gasteiger partial charge in [0.25, 0.3) is 0 Å². The first kappa shape index (κ1) is 17.1. The standard InChI is InChI=1S/C23H25NO2/c25-21(16-24-14-13-20(15-24)18-7-2-1-3-8-18)17-26-23-12-6-10-19-9-4-5-11-22(19)23/h1-12,20-21,25H,13-17H2/t20-,21-/m0/s1. The number of hydrogen-bond acceptors (Lipinski definition) is 3. The number of rotatable bonds is 6. The van der Waals surface area contributed by atoms with Gasteiger partial charge in [0, 0.05) is 18.5 Å². The molecule has 0 aliphatic carbocycles. The molecule has 1 saturated heterocycles. The largest absolute Gasteiger partial charge is 0.490 e. The third kappa shape index (κ3) is 3.90. The molecule has 1 aliphatic heterocycles. The molecule has 3 nitrogen and oxygen atoms in total. The van der Waals surface area contributed by atoms with Gasteiger partial charge in [-0.15, -0.1) is 0 Å². The molecule has 0 bridgehead atoms. The first-order valence-corrected chi connectivity index (χ1v) is 9.35. The fourth-order valence-corrected chi connectivity index (χ4v) is 3.85. The molecule has 3 heteroatoms. The van der Waals surface area contributed by atoms with Crippen molar-refractivity contribution in [3.05, 3.63) is 78.4 Å². The molecule has 0 aromatic heterocycles. The second kappa shape index (κ2) is 7.90. The third-order valence-corrected chi connectivity index (χ3v) is 5.19. The molecule has 26 heavy (non-hydrogen) atoms. The Labute approximate surface area is 154 Å². The Morgan fingerprint density at radius 3 is 2.62 bits per heavy atom. The Morgan fingerprint density at radius 1 is 0.962 bits per heavy atom. The second-order valence-corrected chi connectivity index (χ2v) is 7.10. The van der Waals surface area contributed by atoms with E-state index in [0.29, 0.717) is 19.1 Å². The highest BCUT2D eigenvalue weighted by Gasteiger charge is 2.25. The van der Waals surface area contributed by atoms with Gasteiger partial charge in [-0.25, -0.2) is 0 Å². The molecule has 1 heterocycles. The zero-order valence-electron chi connectivity index (χ0n) is 14.9. The fraction of sp³-hybridized carbons (Fsp3) is 0.304. The van der Waals surface area contributed by atoms with Gasteiger partial charge in [0.05, 0.1) is 0 Å². The maximum absolute atomic E-state index is 10.4. The van der Waals surface area contributed by atoms with Crippen molar-refractivity contribution in [2.24, 2.45) is 0 Å². The summed E-state index contributed by atoms with van der Waals surface area (Å²) in [5.74, 6) is 1.41. The monoisotopic (exact) mass is 347 g/mol. The van der Waals surface area contributed by atoms with Crippen LogP contribution >= 0.6 is 0 Å². The summed E-state index contributed by atoms with van der Waals surface area (Å²) in [7, 11) is 0. The van der Waals surface area contributed by atoms with Crippen LogP contribution in [0.4, 0.5) is 0 Å². The minimum Gasteiger partial charge on any atom is -0.490 e. The van der Waals surface area contributed by atoms with E-state index in [1.807, 2.05) is 24.3 Å². The summed E-state index contributed by atoms with van der Waals surface area (Å²) in [6, 6.07) is 24.9. The van der Waals surface area contributed by atoms with Crippen LogP contribution in [-0.4, -0.2) is 42.4 Å². The summed E-state index contributed by atoms with van der Waals surface area (Å²) in [5.41, 5.74) is 1.40. The number of aliphatic hydroxyl groups is 1. The van der Waals surface area contributed by atoms with Gasteiger partial charge in [0.2, 0.25) is 0 Å². The summed E-state index contributed by atoms with van der Waals surface area (Å²) < 4.78 is 5.93. The number of nitrogens with zero attached hydrogens (tertiary/aromatic N) is 1. The van der Waals surface area contributed by atoms with E-state index in [1.54, 1.807) is 0 Å². The van der Waals surface area contributed by atoms with Crippen molar-refractivity contribution in [2.45, 2.75) is 18.4 Å². The number of likely N-dealkylation sites (tertiary alicyclic amines) is 1. The first-order valence-electron chi connectivity index (χ1n) is 9.35. The topological polar surface area (TPSA) is 32.7 Å². The molecule has 4 rings (SSSR count). The molecule has 0 amide bonds. The number of β-amino-alcohol motifs (C(OH)–C–C–N with tert-alkyl or cyclic N) is 1. The van der Waals surface area contributed by atoms with Crippen LogP contribution < -0.4 is 4.74 Å². The normalized spacial score (nSPS) is 18.9. The summed E-state index contributed by atoms with van der Waals surface area (Å²) in [6.07, 6.45) is 0.671. The SMILES string of the molecule is O[C@H](COc1cccc2ccccc12)CN1CC[C@H](c2ccccc2)C1. The maximum Gasteiger partial charge on any atom is 0.127 e. The molecule has 3 aromatic rings. The van der Waals surface area contributed by atoms with Crippen molar-refractivity contribution in [1.29, 1.82) is 0 Å². The van der Waals surface area contributed by atoms with Crippen molar-refractivity contribution < 1.29 is 9.84 Å². The lowest BCUT2D eigenvalue weighted by atomic mass is 9.99. The smallest absolute Gasteiger partial charge is 0.127 e. The Balaban J connectivity index is 1.31. The van der Waals surface area contributed by atoms with Crippen LogP contribution in [0.1, 0.15) is 17.9 Å². The molecule has 1 fully saturated rings. The van der Waals surface area contributed by atoms with Gasteiger partial charge in [0.1, 0.15) is 18.5 Å². The number of aliphatic hydroxyl groups excluding tert-OH is 1. The van der Waals surface area contributed by atoms with E-state index in [2.05, 4.69) is 53.4 Å². The predicted molar refractivity (Wildman–Crippen MR) is 106 cm³/mol. The van der Waals surface area contributed by atoms with E-state index in [9.17, 15) is 5.11 Å². The molecule has 134 valence electrons. The van der Waals surface area contributed by atoms with Crippen LogP contribution in [0.5, 0.6) is 5.75 Å². The Kier molecular flexibility index (Phi) is 5.19. The first-order chi connectivity index (χ1) is 12.8. The van der Waals surface area contributed by atoms with Crippen LogP contribution in [0.15, 0.2) is 72.8 Å². The van der Waals surface area contributed by atoms with Gasteiger partial charge in [-0.05, 0) is 35.9 Å². The lowest BCUT2D eigenvalue weighted by molar-refractivity contribution is 0.0760. The second-order valence-electron chi connectivity index (χ2n) is 7.10. The van der Waals surface area contributed by atoms with Crippen molar-refractivity contribution in [3.8, 4) is 5.75 Å². The highest BCUT2D eigenvalue weighted by Crippen LogP contribution is 2.27. The minimum absolute atomic E-state index is 0.320.